The Kier molecular flexibility index (Phi) is 5.84. The fourth-order valence-corrected chi connectivity index (χ4v) is 3.85. The molecule has 0 aliphatic heterocycles. The van der Waals surface area contributed by atoms with E-state index < -0.39 is 0 Å². The van der Waals surface area contributed by atoms with Crippen LogP contribution < -0.4 is 10.6 Å². The number of benzene rings is 2. The highest BCUT2D eigenvalue weighted by atomic mass is 16.2. The van der Waals surface area contributed by atoms with Crippen LogP contribution in [-0.4, -0.2) is 27.8 Å². The number of nitrogens with one attached hydrogen (secondary N) is 3. The van der Waals surface area contributed by atoms with Crippen LogP contribution >= 0.6 is 0 Å². The Balaban J connectivity index is 1.49. The SMILES string of the molecule is CCC(C)NC(=O)c1ccc(-c2nc3ccc(NC(=O)C4CCCC4)cc3[nH]2)cc1. The molecular formula is C24H28N4O2. The summed E-state index contributed by atoms with van der Waals surface area (Å²) in [5, 5.41) is 6.01. The van der Waals surface area contributed by atoms with Crippen molar-refractivity contribution in [2.24, 2.45) is 5.92 Å². The molecule has 30 heavy (non-hydrogen) atoms. The summed E-state index contributed by atoms with van der Waals surface area (Å²) in [4.78, 5) is 32.6. The average Bonchev–Trinajstić information content (AvgIpc) is 3.43. The molecule has 1 aromatic heterocycles. The molecule has 0 saturated heterocycles. The Morgan fingerprint density at radius 2 is 1.87 bits per heavy atom. The Bertz CT molecular complexity index is 1050. The van der Waals surface area contributed by atoms with Crippen molar-refractivity contribution < 1.29 is 9.59 Å². The summed E-state index contributed by atoms with van der Waals surface area (Å²) in [5.41, 5.74) is 4.02. The number of hydrogen-bond acceptors (Lipinski definition) is 3. The topological polar surface area (TPSA) is 86.9 Å². The normalized spacial score (nSPS) is 15.3. The monoisotopic (exact) mass is 404 g/mol. The molecule has 3 N–H and O–H groups in total. The van der Waals surface area contributed by atoms with E-state index in [0.717, 1.165) is 60.2 Å². The van der Waals surface area contributed by atoms with Crippen LogP contribution in [0.3, 0.4) is 0 Å². The molecular weight excluding hydrogens is 376 g/mol. The van der Waals surface area contributed by atoms with Crippen molar-refractivity contribution in [3.63, 3.8) is 0 Å². The Morgan fingerprint density at radius 1 is 1.13 bits per heavy atom. The molecule has 0 radical (unpaired) electrons. The van der Waals surface area contributed by atoms with Crippen molar-refractivity contribution in [2.45, 2.75) is 52.0 Å². The van der Waals surface area contributed by atoms with E-state index in [1.807, 2.05) is 56.3 Å². The molecule has 1 unspecified atom stereocenters. The van der Waals surface area contributed by atoms with Crippen LogP contribution in [0.1, 0.15) is 56.3 Å². The van der Waals surface area contributed by atoms with E-state index in [4.69, 9.17) is 0 Å². The summed E-state index contributed by atoms with van der Waals surface area (Å²) in [6.07, 6.45) is 5.13. The maximum absolute atomic E-state index is 12.4. The fraction of sp³-hybridized carbons (Fsp3) is 0.375. The number of nitrogens with zero attached hydrogens (tertiary/aromatic N) is 1. The number of rotatable bonds is 6. The maximum atomic E-state index is 12.4. The van der Waals surface area contributed by atoms with Gasteiger partial charge in [0.2, 0.25) is 5.91 Å². The molecule has 6 nitrogen and oxygen atoms in total. The second kappa shape index (κ2) is 8.69. The second-order valence-electron chi connectivity index (χ2n) is 8.15. The molecule has 6 heteroatoms. The van der Waals surface area contributed by atoms with Crippen molar-refractivity contribution >= 4 is 28.5 Å². The number of imidazole rings is 1. The lowest BCUT2D eigenvalue weighted by molar-refractivity contribution is -0.119. The summed E-state index contributed by atoms with van der Waals surface area (Å²) in [5.74, 6) is 0.910. The first-order valence-corrected chi connectivity index (χ1v) is 10.8. The summed E-state index contributed by atoms with van der Waals surface area (Å²) in [6, 6.07) is 13.3. The zero-order valence-corrected chi connectivity index (χ0v) is 17.5. The molecule has 1 aliphatic carbocycles. The predicted molar refractivity (Wildman–Crippen MR) is 119 cm³/mol. The fourth-order valence-electron chi connectivity index (χ4n) is 3.85. The number of aromatic amines is 1. The number of H-pyrrole nitrogens is 1. The van der Waals surface area contributed by atoms with Gasteiger partial charge in [-0.15, -0.1) is 0 Å². The van der Waals surface area contributed by atoms with Crippen molar-refractivity contribution in [1.82, 2.24) is 15.3 Å². The van der Waals surface area contributed by atoms with Crippen molar-refractivity contribution in [3.8, 4) is 11.4 Å². The van der Waals surface area contributed by atoms with Gasteiger partial charge in [-0.05, 0) is 56.5 Å². The van der Waals surface area contributed by atoms with Gasteiger partial charge in [0.05, 0.1) is 11.0 Å². The van der Waals surface area contributed by atoms with Gasteiger partial charge in [0, 0.05) is 28.8 Å². The molecule has 0 spiro atoms. The number of hydrogen-bond donors (Lipinski definition) is 3. The van der Waals surface area contributed by atoms with Crippen molar-refractivity contribution in [1.29, 1.82) is 0 Å². The van der Waals surface area contributed by atoms with Gasteiger partial charge < -0.3 is 15.6 Å². The van der Waals surface area contributed by atoms with Gasteiger partial charge in [-0.1, -0.05) is 31.9 Å². The standard InChI is InChI=1S/C24H28N4O2/c1-3-15(2)25-23(29)18-10-8-16(9-11-18)22-27-20-13-12-19(14-21(20)28-22)26-24(30)17-6-4-5-7-17/h8-15,17H,3-7H2,1-2H3,(H,25,29)(H,26,30)(H,27,28). The summed E-state index contributed by atoms with van der Waals surface area (Å²) < 4.78 is 0. The molecule has 4 rings (SSSR count). The van der Waals surface area contributed by atoms with Gasteiger partial charge in [0.1, 0.15) is 5.82 Å². The molecule has 3 aromatic rings. The first-order chi connectivity index (χ1) is 14.5. The third-order valence-corrected chi connectivity index (χ3v) is 5.89. The number of anilines is 1. The van der Waals surface area contributed by atoms with Gasteiger partial charge in [0.15, 0.2) is 0 Å². The summed E-state index contributed by atoms with van der Waals surface area (Å²) in [6.45, 7) is 4.03. The van der Waals surface area contributed by atoms with Crippen LogP contribution in [0.5, 0.6) is 0 Å². The van der Waals surface area contributed by atoms with Crippen molar-refractivity contribution in [2.75, 3.05) is 5.32 Å². The number of carbonyl (C=O) groups is 2. The summed E-state index contributed by atoms with van der Waals surface area (Å²) in [7, 11) is 0. The van der Waals surface area contributed by atoms with E-state index in [1.54, 1.807) is 0 Å². The highest BCUT2D eigenvalue weighted by Crippen LogP contribution is 2.27. The van der Waals surface area contributed by atoms with E-state index in [-0.39, 0.29) is 23.8 Å². The smallest absolute Gasteiger partial charge is 0.251 e. The largest absolute Gasteiger partial charge is 0.350 e. The van der Waals surface area contributed by atoms with Crippen molar-refractivity contribution in [3.05, 3.63) is 48.0 Å². The molecule has 2 aromatic carbocycles. The lowest BCUT2D eigenvalue weighted by atomic mass is 10.1. The minimum absolute atomic E-state index is 0.0665. The lowest BCUT2D eigenvalue weighted by Crippen LogP contribution is -2.31. The number of amides is 2. The highest BCUT2D eigenvalue weighted by molar-refractivity contribution is 5.96. The molecule has 1 aliphatic rings. The average molecular weight is 405 g/mol. The maximum Gasteiger partial charge on any atom is 0.251 e. The number of fused-ring (bicyclic) bond motifs is 1. The first-order valence-electron chi connectivity index (χ1n) is 10.8. The van der Waals surface area contributed by atoms with E-state index in [2.05, 4.69) is 20.6 Å². The molecule has 156 valence electrons. The molecule has 1 heterocycles. The Hall–Kier alpha value is -3.15. The first kappa shape index (κ1) is 20.1. The molecule has 0 bridgehead atoms. The minimum atomic E-state index is -0.0665. The Labute approximate surface area is 176 Å². The van der Waals surface area contributed by atoms with Crippen LogP contribution in [0, 0.1) is 5.92 Å². The highest BCUT2D eigenvalue weighted by Gasteiger charge is 2.22. The molecule has 2 amide bonds. The van der Waals surface area contributed by atoms with Crippen LogP contribution in [0.25, 0.3) is 22.4 Å². The van der Waals surface area contributed by atoms with Crippen LogP contribution in [0.4, 0.5) is 5.69 Å². The van der Waals surface area contributed by atoms with Crippen LogP contribution in [-0.2, 0) is 4.79 Å². The molecule has 1 saturated carbocycles. The number of carbonyl (C=O) groups excluding carboxylic acids is 2. The third kappa shape index (κ3) is 4.37. The van der Waals surface area contributed by atoms with E-state index >= 15 is 0 Å². The van der Waals surface area contributed by atoms with Gasteiger partial charge >= 0.3 is 0 Å². The van der Waals surface area contributed by atoms with Crippen LogP contribution in [0.15, 0.2) is 42.5 Å². The van der Waals surface area contributed by atoms with Gasteiger partial charge in [-0.25, -0.2) is 4.98 Å². The Morgan fingerprint density at radius 3 is 2.57 bits per heavy atom. The van der Waals surface area contributed by atoms with Gasteiger partial charge in [0.25, 0.3) is 5.91 Å². The second-order valence-corrected chi connectivity index (χ2v) is 8.15. The van der Waals surface area contributed by atoms with E-state index in [0.29, 0.717) is 5.56 Å². The predicted octanol–water partition coefficient (Wildman–Crippen LogP) is 4.89. The quantitative estimate of drug-likeness (QED) is 0.547. The molecule has 1 fully saturated rings. The zero-order chi connectivity index (χ0) is 21.1. The zero-order valence-electron chi connectivity index (χ0n) is 17.5. The summed E-state index contributed by atoms with van der Waals surface area (Å²) >= 11 is 0. The van der Waals surface area contributed by atoms with E-state index in [9.17, 15) is 9.59 Å². The van der Waals surface area contributed by atoms with E-state index in [1.165, 1.54) is 0 Å². The lowest BCUT2D eigenvalue weighted by Gasteiger charge is -2.11. The minimum Gasteiger partial charge on any atom is -0.350 e. The van der Waals surface area contributed by atoms with Crippen LogP contribution in [0.2, 0.25) is 0 Å². The third-order valence-electron chi connectivity index (χ3n) is 5.89. The van der Waals surface area contributed by atoms with Gasteiger partial charge in [-0.2, -0.15) is 0 Å². The number of aromatic nitrogens is 2. The molecule has 1 atom stereocenters. The van der Waals surface area contributed by atoms with Gasteiger partial charge in [-0.3, -0.25) is 9.59 Å².